The Kier molecular flexibility index (Phi) is 6.37. The molecule has 0 aromatic heterocycles. The van der Waals surface area contributed by atoms with E-state index in [1.54, 1.807) is 0 Å². The van der Waals surface area contributed by atoms with Gasteiger partial charge in [-0.2, -0.15) is 12.6 Å². The first-order valence-corrected chi connectivity index (χ1v) is 8.05. The summed E-state index contributed by atoms with van der Waals surface area (Å²) in [5.74, 6) is 0.817. The van der Waals surface area contributed by atoms with Crippen LogP contribution in [0.5, 0.6) is 0 Å². The number of carbonyl (C=O) groups is 2. The van der Waals surface area contributed by atoms with E-state index < -0.39 is 6.04 Å². The summed E-state index contributed by atoms with van der Waals surface area (Å²) in [6.07, 6.45) is 3.24. The van der Waals surface area contributed by atoms with Crippen LogP contribution in [0.3, 0.4) is 0 Å². The number of thiol groups is 1. The lowest BCUT2D eigenvalue weighted by molar-refractivity contribution is -0.135. The van der Waals surface area contributed by atoms with Gasteiger partial charge in [0.1, 0.15) is 6.04 Å². The van der Waals surface area contributed by atoms with Crippen molar-refractivity contribution < 1.29 is 9.59 Å². The van der Waals surface area contributed by atoms with Crippen LogP contribution in [-0.4, -0.2) is 41.6 Å². The first kappa shape index (κ1) is 17.3. The lowest BCUT2D eigenvalue weighted by atomic mass is 9.77. The van der Waals surface area contributed by atoms with Crippen LogP contribution < -0.4 is 5.32 Å². The maximum Gasteiger partial charge on any atom is 0.245 e. The summed E-state index contributed by atoms with van der Waals surface area (Å²) in [5, 5.41) is 2.68. The largest absolute Gasteiger partial charge is 0.344 e. The minimum atomic E-state index is -0.498. The first-order valence-electron chi connectivity index (χ1n) is 7.42. The molecule has 0 radical (unpaired) electrons. The number of likely N-dealkylation sites (tertiary alicyclic amines) is 1. The van der Waals surface area contributed by atoms with Crippen LogP contribution >= 0.6 is 12.6 Å². The average molecular weight is 300 g/mol. The quantitative estimate of drug-likeness (QED) is 0.784. The number of hydrogen-bond donors (Lipinski definition) is 2. The summed E-state index contributed by atoms with van der Waals surface area (Å²) in [4.78, 5) is 25.5. The molecule has 0 aromatic rings. The second-order valence-corrected chi connectivity index (χ2v) is 7.12. The van der Waals surface area contributed by atoms with Gasteiger partial charge in [0.05, 0.1) is 0 Å². The Morgan fingerprint density at radius 1 is 1.30 bits per heavy atom. The molecule has 2 amide bonds. The SMILES string of the molecule is CC(=O)NC(CS)C(=O)N1CCCC(C(C)(C)C)CC1. The summed E-state index contributed by atoms with van der Waals surface area (Å²) in [5.41, 5.74) is 0.291. The molecule has 4 nitrogen and oxygen atoms in total. The van der Waals surface area contributed by atoms with E-state index >= 15 is 0 Å². The molecule has 2 atom stereocenters. The molecule has 1 aliphatic heterocycles. The highest BCUT2D eigenvalue weighted by atomic mass is 32.1. The molecule has 1 N–H and O–H groups in total. The molecule has 116 valence electrons. The number of nitrogens with zero attached hydrogens (tertiary/aromatic N) is 1. The van der Waals surface area contributed by atoms with Crippen molar-refractivity contribution in [3.63, 3.8) is 0 Å². The molecule has 0 bridgehead atoms. The Labute approximate surface area is 128 Å². The van der Waals surface area contributed by atoms with Gasteiger partial charge in [-0.05, 0) is 30.6 Å². The number of amides is 2. The minimum absolute atomic E-state index is 0.00441. The van der Waals surface area contributed by atoms with Crippen LogP contribution in [0.2, 0.25) is 0 Å². The van der Waals surface area contributed by atoms with Crippen molar-refractivity contribution in [2.75, 3.05) is 18.8 Å². The maximum atomic E-state index is 12.4. The van der Waals surface area contributed by atoms with E-state index in [1.807, 2.05) is 4.90 Å². The van der Waals surface area contributed by atoms with Crippen molar-refractivity contribution >= 4 is 24.4 Å². The molecule has 1 heterocycles. The third-order valence-corrected chi connectivity index (χ3v) is 4.49. The molecule has 1 saturated heterocycles. The summed E-state index contributed by atoms with van der Waals surface area (Å²) in [6, 6.07) is -0.498. The molecule has 0 aliphatic carbocycles. The van der Waals surface area contributed by atoms with Gasteiger partial charge in [0.15, 0.2) is 0 Å². The Bertz CT molecular complexity index is 352. The molecule has 1 fully saturated rings. The van der Waals surface area contributed by atoms with E-state index in [4.69, 9.17) is 0 Å². The zero-order valence-electron chi connectivity index (χ0n) is 13.1. The second-order valence-electron chi connectivity index (χ2n) is 6.75. The van der Waals surface area contributed by atoms with E-state index in [9.17, 15) is 9.59 Å². The van der Waals surface area contributed by atoms with E-state index in [1.165, 1.54) is 13.3 Å². The topological polar surface area (TPSA) is 49.4 Å². The highest BCUT2D eigenvalue weighted by molar-refractivity contribution is 7.80. The molecular formula is C15H28N2O2S. The maximum absolute atomic E-state index is 12.4. The third kappa shape index (κ3) is 5.00. The van der Waals surface area contributed by atoms with Crippen molar-refractivity contribution in [3.05, 3.63) is 0 Å². The standard InChI is InChI=1S/C15H28N2O2S/c1-11(18)16-13(10-20)14(19)17-8-5-6-12(7-9-17)15(2,3)4/h12-13,20H,5-10H2,1-4H3,(H,16,18). The van der Waals surface area contributed by atoms with Crippen LogP contribution in [-0.2, 0) is 9.59 Å². The molecule has 1 aliphatic rings. The van der Waals surface area contributed by atoms with Gasteiger partial charge in [-0.15, -0.1) is 0 Å². The van der Waals surface area contributed by atoms with Gasteiger partial charge >= 0.3 is 0 Å². The molecule has 0 aromatic carbocycles. The van der Waals surface area contributed by atoms with Crippen molar-refractivity contribution in [3.8, 4) is 0 Å². The highest BCUT2D eigenvalue weighted by Gasteiger charge is 2.30. The number of carbonyl (C=O) groups excluding carboxylic acids is 2. The van der Waals surface area contributed by atoms with Gasteiger partial charge in [0, 0.05) is 25.8 Å². The van der Waals surface area contributed by atoms with Crippen LogP contribution in [0.15, 0.2) is 0 Å². The van der Waals surface area contributed by atoms with E-state index in [0.717, 1.165) is 25.9 Å². The van der Waals surface area contributed by atoms with Crippen molar-refractivity contribution in [2.24, 2.45) is 11.3 Å². The molecule has 5 heteroatoms. The predicted octanol–water partition coefficient (Wildman–Crippen LogP) is 2.10. The Balaban J connectivity index is 2.63. The van der Waals surface area contributed by atoms with Crippen LogP contribution in [0.4, 0.5) is 0 Å². The number of rotatable bonds is 3. The van der Waals surface area contributed by atoms with E-state index in [2.05, 4.69) is 38.7 Å². The van der Waals surface area contributed by atoms with Gasteiger partial charge in [-0.1, -0.05) is 20.8 Å². The molecule has 20 heavy (non-hydrogen) atoms. The lowest BCUT2D eigenvalue weighted by Crippen LogP contribution is -2.49. The van der Waals surface area contributed by atoms with Gasteiger partial charge in [-0.25, -0.2) is 0 Å². The van der Waals surface area contributed by atoms with Crippen molar-refractivity contribution in [2.45, 2.75) is 53.0 Å². The van der Waals surface area contributed by atoms with Gasteiger partial charge in [0.2, 0.25) is 11.8 Å². The smallest absolute Gasteiger partial charge is 0.245 e. The predicted molar refractivity (Wildman–Crippen MR) is 84.8 cm³/mol. The minimum Gasteiger partial charge on any atom is -0.344 e. The molecule has 0 saturated carbocycles. The van der Waals surface area contributed by atoms with Gasteiger partial charge < -0.3 is 10.2 Å². The average Bonchev–Trinajstić information content (AvgIpc) is 2.59. The van der Waals surface area contributed by atoms with Gasteiger partial charge in [0.25, 0.3) is 0 Å². The van der Waals surface area contributed by atoms with Crippen LogP contribution in [0.25, 0.3) is 0 Å². The fourth-order valence-corrected chi connectivity index (χ4v) is 3.08. The van der Waals surface area contributed by atoms with Crippen LogP contribution in [0, 0.1) is 11.3 Å². The van der Waals surface area contributed by atoms with E-state index in [-0.39, 0.29) is 11.8 Å². The summed E-state index contributed by atoms with van der Waals surface area (Å²) in [6.45, 7) is 9.80. The van der Waals surface area contributed by atoms with Gasteiger partial charge in [-0.3, -0.25) is 9.59 Å². The summed E-state index contributed by atoms with van der Waals surface area (Å²) in [7, 11) is 0. The van der Waals surface area contributed by atoms with Crippen molar-refractivity contribution in [1.29, 1.82) is 0 Å². The molecular weight excluding hydrogens is 272 g/mol. The molecule has 0 spiro atoms. The molecule has 2 unspecified atom stereocenters. The first-order chi connectivity index (χ1) is 9.25. The zero-order valence-corrected chi connectivity index (χ0v) is 14.0. The number of hydrogen-bond acceptors (Lipinski definition) is 3. The third-order valence-electron chi connectivity index (χ3n) is 4.12. The summed E-state index contributed by atoms with van der Waals surface area (Å²) >= 11 is 4.18. The van der Waals surface area contributed by atoms with Crippen LogP contribution in [0.1, 0.15) is 47.0 Å². The highest BCUT2D eigenvalue weighted by Crippen LogP contribution is 2.34. The fourth-order valence-electron chi connectivity index (χ4n) is 2.83. The Hall–Kier alpha value is -0.710. The lowest BCUT2D eigenvalue weighted by Gasteiger charge is -2.30. The zero-order chi connectivity index (χ0) is 15.3. The summed E-state index contributed by atoms with van der Waals surface area (Å²) < 4.78 is 0. The Morgan fingerprint density at radius 2 is 1.95 bits per heavy atom. The monoisotopic (exact) mass is 300 g/mol. The van der Waals surface area contributed by atoms with E-state index in [0.29, 0.717) is 17.1 Å². The Morgan fingerprint density at radius 3 is 2.45 bits per heavy atom. The number of nitrogens with one attached hydrogen (secondary N) is 1. The fraction of sp³-hybridized carbons (Fsp3) is 0.867. The van der Waals surface area contributed by atoms with Crippen molar-refractivity contribution in [1.82, 2.24) is 10.2 Å². The second kappa shape index (κ2) is 7.34. The normalized spacial score (nSPS) is 22.1. The molecule has 1 rings (SSSR count).